The van der Waals surface area contributed by atoms with Crippen LogP contribution >= 0.6 is 0 Å². The Balaban J connectivity index is 1.81. The number of aryl methyl sites for hydroxylation is 3. The fraction of sp³-hybridized carbons (Fsp3) is 0.385. The number of carbonyl (C=O) groups excluding carboxylic acids is 2. The maximum atomic E-state index is 13.1. The average Bonchev–Trinajstić information content (AvgIpc) is 3.03. The first-order chi connectivity index (χ1) is 15.0. The molecule has 1 N–H and O–H groups in total. The van der Waals surface area contributed by atoms with Gasteiger partial charge in [-0.1, -0.05) is 42.0 Å². The number of nitrogens with zero attached hydrogens (tertiary/aromatic N) is 1. The van der Waals surface area contributed by atoms with Crippen LogP contribution in [0.4, 0.5) is 0 Å². The molecule has 1 atom stereocenters. The second-order valence-corrected chi connectivity index (χ2v) is 8.44. The van der Waals surface area contributed by atoms with Crippen molar-refractivity contribution in [2.45, 2.75) is 45.1 Å². The van der Waals surface area contributed by atoms with Crippen molar-refractivity contribution >= 4 is 17.4 Å². The van der Waals surface area contributed by atoms with E-state index in [9.17, 15) is 14.7 Å². The zero-order valence-corrected chi connectivity index (χ0v) is 18.2. The van der Waals surface area contributed by atoms with Crippen molar-refractivity contribution < 1.29 is 19.4 Å². The summed E-state index contributed by atoms with van der Waals surface area (Å²) in [6.07, 6.45) is 4.94. The Bertz CT molecular complexity index is 1040. The van der Waals surface area contributed by atoms with Gasteiger partial charge in [0.25, 0.3) is 11.7 Å². The smallest absolute Gasteiger partial charge is 0.295 e. The summed E-state index contributed by atoms with van der Waals surface area (Å²) < 4.78 is 5.14. The number of amides is 1. The number of Topliss-reactive ketones (excluding diaryl/α,β-unsaturated/α-hetero) is 1. The highest BCUT2D eigenvalue weighted by atomic mass is 16.5. The Hall–Kier alpha value is -2.92. The molecule has 1 fully saturated rings. The molecular weight excluding hydrogens is 390 g/mol. The molecular formula is C26H29NO4. The van der Waals surface area contributed by atoms with Crippen LogP contribution in [-0.4, -0.2) is 42.0 Å². The van der Waals surface area contributed by atoms with Gasteiger partial charge in [-0.2, -0.15) is 0 Å². The van der Waals surface area contributed by atoms with Gasteiger partial charge in [-0.15, -0.1) is 0 Å². The molecule has 0 bridgehead atoms. The van der Waals surface area contributed by atoms with Crippen LogP contribution < -0.4 is 0 Å². The average molecular weight is 420 g/mol. The van der Waals surface area contributed by atoms with Gasteiger partial charge in [0.15, 0.2) is 0 Å². The van der Waals surface area contributed by atoms with Gasteiger partial charge in [0.2, 0.25) is 0 Å². The molecule has 2 aromatic rings. The molecule has 0 aromatic heterocycles. The first-order valence-corrected chi connectivity index (χ1v) is 11.0. The molecule has 1 aliphatic heterocycles. The van der Waals surface area contributed by atoms with Crippen molar-refractivity contribution in [2.24, 2.45) is 0 Å². The molecule has 5 heteroatoms. The summed E-state index contributed by atoms with van der Waals surface area (Å²) in [5.41, 5.74) is 5.16. The van der Waals surface area contributed by atoms with Crippen LogP contribution in [0.25, 0.3) is 5.76 Å². The molecule has 1 unspecified atom stereocenters. The third-order valence-corrected chi connectivity index (χ3v) is 6.27. The molecule has 2 aromatic carbocycles. The molecule has 2 aliphatic rings. The van der Waals surface area contributed by atoms with Crippen LogP contribution in [0.15, 0.2) is 48.0 Å². The number of ketones is 1. The first-order valence-electron chi connectivity index (χ1n) is 11.0. The molecule has 162 valence electrons. The second kappa shape index (κ2) is 9.06. The van der Waals surface area contributed by atoms with Crippen LogP contribution in [0.3, 0.4) is 0 Å². The summed E-state index contributed by atoms with van der Waals surface area (Å²) in [5, 5.41) is 11.3. The Kier molecular flexibility index (Phi) is 6.23. The van der Waals surface area contributed by atoms with E-state index in [4.69, 9.17) is 4.74 Å². The highest BCUT2D eigenvalue weighted by Gasteiger charge is 2.45. The van der Waals surface area contributed by atoms with Crippen LogP contribution in [0.2, 0.25) is 0 Å². The Morgan fingerprint density at radius 1 is 1.10 bits per heavy atom. The number of ether oxygens (including phenoxy) is 1. The van der Waals surface area contributed by atoms with Crippen LogP contribution in [0.5, 0.6) is 0 Å². The number of aliphatic hydroxyl groups excluding tert-OH is 1. The summed E-state index contributed by atoms with van der Waals surface area (Å²) in [6.45, 7) is 2.86. The standard InChI is InChI=1S/C26H29NO4/c1-17-7-5-10-20(15-17)23-22(25(29)26(30)27(23)13-6-14-31-2)24(28)21-12-11-18-8-3-4-9-19(18)16-21/h5,7,10-12,15-16,23,28H,3-4,6,8-9,13-14H2,1-2H3/b24-22-. The zero-order valence-electron chi connectivity index (χ0n) is 18.2. The fourth-order valence-electron chi connectivity index (χ4n) is 4.71. The largest absolute Gasteiger partial charge is 0.507 e. The molecule has 0 radical (unpaired) electrons. The Morgan fingerprint density at radius 2 is 1.87 bits per heavy atom. The molecule has 0 saturated carbocycles. The number of likely N-dealkylation sites (tertiary alicyclic amines) is 1. The summed E-state index contributed by atoms with van der Waals surface area (Å²) in [4.78, 5) is 27.6. The van der Waals surface area contributed by atoms with Gasteiger partial charge in [0.1, 0.15) is 5.76 Å². The van der Waals surface area contributed by atoms with Crippen molar-refractivity contribution in [1.29, 1.82) is 0 Å². The summed E-state index contributed by atoms with van der Waals surface area (Å²) in [7, 11) is 1.61. The lowest BCUT2D eigenvalue weighted by Crippen LogP contribution is -2.31. The molecule has 1 saturated heterocycles. The Labute approximate surface area is 183 Å². The van der Waals surface area contributed by atoms with E-state index < -0.39 is 17.7 Å². The minimum atomic E-state index is -0.626. The second-order valence-electron chi connectivity index (χ2n) is 8.44. The third kappa shape index (κ3) is 4.15. The van der Waals surface area contributed by atoms with Gasteiger partial charge in [0, 0.05) is 25.8 Å². The normalized spacial score (nSPS) is 20.2. The van der Waals surface area contributed by atoms with Gasteiger partial charge < -0.3 is 14.7 Å². The quantitative estimate of drug-likeness (QED) is 0.328. The van der Waals surface area contributed by atoms with Crippen molar-refractivity contribution in [2.75, 3.05) is 20.3 Å². The van der Waals surface area contributed by atoms with Gasteiger partial charge in [-0.25, -0.2) is 0 Å². The molecule has 1 amide bonds. The monoisotopic (exact) mass is 419 g/mol. The number of hydrogen-bond acceptors (Lipinski definition) is 4. The lowest BCUT2D eigenvalue weighted by atomic mass is 9.88. The lowest BCUT2D eigenvalue weighted by molar-refractivity contribution is -0.140. The third-order valence-electron chi connectivity index (χ3n) is 6.27. The first kappa shape index (κ1) is 21.3. The maximum Gasteiger partial charge on any atom is 0.295 e. The van der Waals surface area contributed by atoms with Gasteiger partial charge in [0.05, 0.1) is 11.6 Å². The highest BCUT2D eigenvalue weighted by molar-refractivity contribution is 6.46. The van der Waals surface area contributed by atoms with Crippen molar-refractivity contribution in [1.82, 2.24) is 4.90 Å². The van der Waals surface area contributed by atoms with Crippen molar-refractivity contribution in [3.05, 3.63) is 75.9 Å². The van der Waals surface area contributed by atoms with E-state index in [1.165, 1.54) is 17.5 Å². The fourth-order valence-corrected chi connectivity index (χ4v) is 4.71. The maximum absolute atomic E-state index is 13.1. The number of hydrogen-bond donors (Lipinski definition) is 1. The summed E-state index contributed by atoms with van der Waals surface area (Å²) in [5.74, 6) is -1.28. The lowest BCUT2D eigenvalue weighted by Gasteiger charge is -2.25. The topological polar surface area (TPSA) is 66.8 Å². The van der Waals surface area contributed by atoms with E-state index in [-0.39, 0.29) is 11.3 Å². The molecule has 0 spiro atoms. The number of fused-ring (bicyclic) bond motifs is 1. The van der Waals surface area contributed by atoms with E-state index >= 15 is 0 Å². The van der Waals surface area contributed by atoms with Crippen molar-refractivity contribution in [3.8, 4) is 0 Å². The number of aliphatic hydroxyl groups is 1. The molecule has 5 nitrogen and oxygen atoms in total. The number of benzene rings is 2. The highest BCUT2D eigenvalue weighted by Crippen LogP contribution is 2.40. The van der Waals surface area contributed by atoms with E-state index in [1.807, 2.05) is 49.4 Å². The molecule has 4 rings (SSSR count). The predicted octanol–water partition coefficient (Wildman–Crippen LogP) is 4.33. The Morgan fingerprint density at radius 3 is 2.61 bits per heavy atom. The SMILES string of the molecule is COCCCN1C(=O)C(=O)/C(=C(\O)c2ccc3c(c2)CCCC3)C1c1cccc(C)c1. The van der Waals surface area contributed by atoms with Gasteiger partial charge in [-0.3, -0.25) is 9.59 Å². The van der Waals surface area contributed by atoms with Crippen LogP contribution in [0.1, 0.15) is 53.1 Å². The van der Waals surface area contributed by atoms with E-state index in [2.05, 4.69) is 0 Å². The predicted molar refractivity (Wildman–Crippen MR) is 120 cm³/mol. The molecule has 1 aliphatic carbocycles. The minimum absolute atomic E-state index is 0.0903. The molecule has 31 heavy (non-hydrogen) atoms. The number of methoxy groups -OCH3 is 1. The summed E-state index contributed by atoms with van der Waals surface area (Å²) in [6, 6.07) is 13.1. The van der Waals surface area contributed by atoms with Crippen LogP contribution in [0, 0.1) is 6.92 Å². The number of carbonyl (C=O) groups is 2. The van der Waals surface area contributed by atoms with Crippen LogP contribution in [-0.2, 0) is 27.2 Å². The van der Waals surface area contributed by atoms with E-state index in [1.54, 1.807) is 12.0 Å². The summed E-state index contributed by atoms with van der Waals surface area (Å²) >= 11 is 0. The zero-order chi connectivity index (χ0) is 22.0. The van der Waals surface area contributed by atoms with Gasteiger partial charge >= 0.3 is 0 Å². The number of rotatable bonds is 6. The molecule has 1 heterocycles. The van der Waals surface area contributed by atoms with Gasteiger partial charge in [-0.05, 0) is 61.8 Å². The minimum Gasteiger partial charge on any atom is -0.507 e. The van der Waals surface area contributed by atoms with Crippen molar-refractivity contribution in [3.63, 3.8) is 0 Å². The van der Waals surface area contributed by atoms with E-state index in [0.717, 1.165) is 30.4 Å². The van der Waals surface area contributed by atoms with E-state index in [0.29, 0.717) is 25.1 Å².